The lowest BCUT2D eigenvalue weighted by Crippen LogP contribution is -2.29. The average Bonchev–Trinajstić information content (AvgIpc) is 3.38. The number of carbonyl (C=O) groups excluding carboxylic acids is 2. The molecule has 0 aromatic heterocycles. The van der Waals surface area contributed by atoms with E-state index in [0.29, 0.717) is 30.4 Å². The van der Waals surface area contributed by atoms with Crippen LogP contribution < -0.4 is 10.1 Å². The van der Waals surface area contributed by atoms with Crippen molar-refractivity contribution in [2.45, 2.75) is 32.2 Å². The number of aryl methyl sites for hydroxylation is 1. The normalized spacial score (nSPS) is 19.5. The Labute approximate surface area is 153 Å². The van der Waals surface area contributed by atoms with Crippen LogP contribution in [0.5, 0.6) is 11.5 Å². The van der Waals surface area contributed by atoms with E-state index in [1.54, 1.807) is 0 Å². The van der Waals surface area contributed by atoms with Gasteiger partial charge in [-0.15, -0.1) is 0 Å². The third-order valence-electron chi connectivity index (χ3n) is 4.86. The van der Waals surface area contributed by atoms with Crippen molar-refractivity contribution in [3.8, 4) is 11.5 Å². The summed E-state index contributed by atoms with van der Waals surface area (Å²) in [6.45, 7) is 2.56. The summed E-state index contributed by atoms with van der Waals surface area (Å²) in [6.07, 6.45) is 2.46. The van der Waals surface area contributed by atoms with Crippen molar-refractivity contribution in [2.24, 2.45) is 5.92 Å². The van der Waals surface area contributed by atoms with Crippen LogP contribution >= 0.6 is 0 Å². The van der Waals surface area contributed by atoms with Crippen LogP contribution in [0.4, 0.5) is 5.69 Å². The third kappa shape index (κ3) is 3.72. The molecule has 0 bridgehead atoms. The van der Waals surface area contributed by atoms with Crippen LogP contribution in [0.3, 0.4) is 0 Å². The topological polar surface area (TPSA) is 58.6 Å². The van der Waals surface area contributed by atoms with Gasteiger partial charge in [0.05, 0.1) is 5.92 Å². The minimum absolute atomic E-state index is 0.0890. The van der Waals surface area contributed by atoms with E-state index in [1.807, 2.05) is 60.4 Å². The molecule has 5 heteroatoms. The number of nitrogens with zero attached hydrogens (tertiary/aromatic N) is 1. The molecule has 1 atom stereocenters. The highest BCUT2D eigenvalue weighted by molar-refractivity contribution is 5.97. The van der Waals surface area contributed by atoms with Crippen molar-refractivity contribution in [2.75, 3.05) is 11.9 Å². The smallest absolute Gasteiger partial charge is 0.229 e. The molecule has 1 saturated heterocycles. The summed E-state index contributed by atoms with van der Waals surface area (Å²) in [5, 5.41) is 2.91. The van der Waals surface area contributed by atoms with Crippen molar-refractivity contribution >= 4 is 17.5 Å². The molecular formula is C21H22N2O3. The lowest BCUT2D eigenvalue weighted by atomic mass is 10.1. The standard InChI is InChI=1S/C21H22N2O3/c1-14-3-2-4-19(11-14)26-18-9-5-16(6-10-18)22-21(25)15-12-20(24)23(13-15)17-7-8-17/h2-6,9-11,15,17H,7-8,12-13H2,1H3,(H,22,25)/t15-/m0/s1. The van der Waals surface area contributed by atoms with Crippen molar-refractivity contribution in [1.29, 1.82) is 0 Å². The third-order valence-corrected chi connectivity index (χ3v) is 4.86. The van der Waals surface area contributed by atoms with Crippen molar-refractivity contribution in [3.63, 3.8) is 0 Å². The fourth-order valence-corrected chi connectivity index (χ4v) is 3.31. The second kappa shape index (κ2) is 6.83. The van der Waals surface area contributed by atoms with E-state index in [4.69, 9.17) is 4.74 Å². The number of hydrogen-bond acceptors (Lipinski definition) is 3. The van der Waals surface area contributed by atoms with Gasteiger partial charge in [0, 0.05) is 24.7 Å². The summed E-state index contributed by atoms with van der Waals surface area (Å²) in [6, 6.07) is 15.5. The molecule has 2 amide bonds. The van der Waals surface area contributed by atoms with Gasteiger partial charge in [0.2, 0.25) is 11.8 Å². The van der Waals surface area contributed by atoms with E-state index in [2.05, 4.69) is 5.32 Å². The molecule has 2 aromatic carbocycles. The van der Waals surface area contributed by atoms with Gasteiger partial charge in [-0.05, 0) is 61.7 Å². The second-order valence-electron chi connectivity index (χ2n) is 7.11. The Morgan fingerprint density at radius 2 is 1.88 bits per heavy atom. The molecule has 1 N–H and O–H groups in total. The molecule has 134 valence electrons. The average molecular weight is 350 g/mol. The molecular weight excluding hydrogens is 328 g/mol. The Hall–Kier alpha value is -2.82. The number of amides is 2. The van der Waals surface area contributed by atoms with E-state index in [-0.39, 0.29) is 17.7 Å². The summed E-state index contributed by atoms with van der Waals surface area (Å²) < 4.78 is 5.82. The largest absolute Gasteiger partial charge is 0.457 e. The van der Waals surface area contributed by atoms with E-state index >= 15 is 0 Å². The summed E-state index contributed by atoms with van der Waals surface area (Å²) >= 11 is 0. The van der Waals surface area contributed by atoms with Crippen LogP contribution in [0.2, 0.25) is 0 Å². The number of likely N-dealkylation sites (tertiary alicyclic amines) is 1. The van der Waals surface area contributed by atoms with Crippen molar-refractivity contribution in [3.05, 3.63) is 54.1 Å². The lowest BCUT2D eigenvalue weighted by Gasteiger charge is -2.15. The zero-order valence-electron chi connectivity index (χ0n) is 14.8. The van der Waals surface area contributed by atoms with E-state index in [0.717, 1.165) is 24.2 Å². The highest BCUT2D eigenvalue weighted by atomic mass is 16.5. The molecule has 5 nitrogen and oxygen atoms in total. The maximum Gasteiger partial charge on any atom is 0.229 e. The van der Waals surface area contributed by atoms with Gasteiger partial charge in [-0.1, -0.05) is 12.1 Å². The van der Waals surface area contributed by atoms with Crippen LogP contribution in [-0.2, 0) is 9.59 Å². The highest BCUT2D eigenvalue weighted by Gasteiger charge is 2.41. The predicted octanol–water partition coefficient (Wildman–Crippen LogP) is 3.74. The number of rotatable bonds is 5. The molecule has 1 aliphatic heterocycles. The molecule has 2 fully saturated rings. The molecule has 26 heavy (non-hydrogen) atoms. The van der Waals surface area contributed by atoms with E-state index < -0.39 is 0 Å². The van der Waals surface area contributed by atoms with E-state index in [9.17, 15) is 9.59 Å². The predicted molar refractivity (Wildman–Crippen MR) is 99.2 cm³/mol. The first-order chi connectivity index (χ1) is 12.6. The van der Waals surface area contributed by atoms with Crippen LogP contribution in [0.1, 0.15) is 24.8 Å². The first-order valence-electron chi connectivity index (χ1n) is 9.03. The Kier molecular flexibility index (Phi) is 4.37. The SMILES string of the molecule is Cc1cccc(Oc2ccc(NC(=O)[C@H]3CC(=O)N(C4CC4)C3)cc2)c1. The Morgan fingerprint density at radius 1 is 1.12 bits per heavy atom. The number of benzene rings is 2. The molecule has 0 unspecified atom stereocenters. The van der Waals surface area contributed by atoms with Gasteiger partial charge in [-0.2, -0.15) is 0 Å². The molecule has 0 spiro atoms. The number of ether oxygens (including phenoxy) is 1. The van der Waals surface area contributed by atoms with Gasteiger partial charge in [-0.3, -0.25) is 9.59 Å². The summed E-state index contributed by atoms with van der Waals surface area (Å²) in [4.78, 5) is 26.3. The first kappa shape index (κ1) is 16.6. The molecule has 1 heterocycles. The van der Waals surface area contributed by atoms with Crippen molar-refractivity contribution in [1.82, 2.24) is 4.90 Å². The fourth-order valence-electron chi connectivity index (χ4n) is 3.31. The molecule has 2 aliphatic rings. The first-order valence-corrected chi connectivity index (χ1v) is 9.03. The monoisotopic (exact) mass is 350 g/mol. The summed E-state index contributed by atoms with van der Waals surface area (Å²) in [7, 11) is 0. The Balaban J connectivity index is 1.35. The van der Waals surface area contributed by atoms with Crippen molar-refractivity contribution < 1.29 is 14.3 Å². The van der Waals surface area contributed by atoms with Crippen LogP contribution in [0, 0.1) is 12.8 Å². The van der Waals surface area contributed by atoms with Crippen LogP contribution in [-0.4, -0.2) is 29.3 Å². The second-order valence-corrected chi connectivity index (χ2v) is 7.11. The number of hydrogen-bond donors (Lipinski definition) is 1. The number of carbonyl (C=O) groups is 2. The summed E-state index contributed by atoms with van der Waals surface area (Å²) in [5.41, 5.74) is 1.85. The minimum atomic E-state index is -0.258. The Morgan fingerprint density at radius 3 is 2.58 bits per heavy atom. The Bertz CT molecular complexity index is 827. The van der Waals surface area contributed by atoms with Gasteiger partial charge < -0.3 is 15.0 Å². The van der Waals surface area contributed by atoms with Gasteiger partial charge >= 0.3 is 0 Å². The maximum atomic E-state index is 12.4. The lowest BCUT2D eigenvalue weighted by molar-refractivity contribution is -0.128. The molecule has 1 aliphatic carbocycles. The molecule has 4 rings (SSSR count). The number of nitrogens with one attached hydrogen (secondary N) is 1. The van der Waals surface area contributed by atoms with Gasteiger partial charge in [-0.25, -0.2) is 0 Å². The van der Waals surface area contributed by atoms with E-state index in [1.165, 1.54) is 0 Å². The number of anilines is 1. The molecule has 2 aromatic rings. The fraction of sp³-hybridized carbons (Fsp3) is 0.333. The minimum Gasteiger partial charge on any atom is -0.457 e. The van der Waals surface area contributed by atoms with Gasteiger partial charge in [0.15, 0.2) is 0 Å². The zero-order chi connectivity index (χ0) is 18.1. The van der Waals surface area contributed by atoms with Gasteiger partial charge in [0.1, 0.15) is 11.5 Å². The summed E-state index contributed by atoms with van der Waals surface area (Å²) in [5.74, 6) is 1.26. The zero-order valence-corrected chi connectivity index (χ0v) is 14.8. The highest BCUT2D eigenvalue weighted by Crippen LogP contribution is 2.33. The quantitative estimate of drug-likeness (QED) is 0.894. The van der Waals surface area contributed by atoms with Gasteiger partial charge in [0.25, 0.3) is 0 Å². The molecule has 0 radical (unpaired) electrons. The maximum absolute atomic E-state index is 12.4. The van der Waals surface area contributed by atoms with Crippen LogP contribution in [0.25, 0.3) is 0 Å². The molecule has 1 saturated carbocycles. The van der Waals surface area contributed by atoms with Crippen LogP contribution in [0.15, 0.2) is 48.5 Å².